The third-order valence-corrected chi connectivity index (χ3v) is 2.88. The zero-order valence-corrected chi connectivity index (χ0v) is 10.8. The van der Waals surface area contributed by atoms with Gasteiger partial charge in [-0.15, -0.1) is 0 Å². The number of nitrogens with two attached hydrogens (primary N) is 1. The first-order valence-electron chi connectivity index (χ1n) is 5.95. The van der Waals surface area contributed by atoms with E-state index >= 15 is 0 Å². The van der Waals surface area contributed by atoms with Gasteiger partial charge in [0.1, 0.15) is 0 Å². The lowest BCUT2D eigenvalue weighted by Gasteiger charge is -2.13. The van der Waals surface area contributed by atoms with Crippen LogP contribution >= 0.6 is 0 Å². The van der Waals surface area contributed by atoms with Gasteiger partial charge >= 0.3 is 0 Å². The molecule has 1 heterocycles. The first-order valence-corrected chi connectivity index (χ1v) is 5.95. The fraction of sp³-hybridized carbons (Fsp3) is 0.286. The zero-order valence-electron chi connectivity index (χ0n) is 10.8. The van der Waals surface area contributed by atoms with Crippen molar-refractivity contribution in [2.24, 2.45) is 5.73 Å². The highest BCUT2D eigenvalue weighted by atomic mass is 16.1. The Hall–Kier alpha value is -2.10. The maximum Gasteiger partial charge on any atom is 0.249 e. The minimum atomic E-state index is -0.412. The number of carbonyl (C=O) groups excluding carboxylic acids is 1. The molecular weight excluding hydrogens is 226 g/mol. The summed E-state index contributed by atoms with van der Waals surface area (Å²) in [7, 11) is 0. The van der Waals surface area contributed by atoms with Crippen LogP contribution in [0.5, 0.6) is 0 Å². The maximum atomic E-state index is 11.5. The highest BCUT2D eigenvalue weighted by Crippen LogP contribution is 2.26. The van der Waals surface area contributed by atoms with Crippen molar-refractivity contribution in [1.82, 2.24) is 9.78 Å². The van der Waals surface area contributed by atoms with E-state index in [-0.39, 0.29) is 6.04 Å². The molecule has 1 aromatic carbocycles. The average Bonchev–Trinajstić information content (AvgIpc) is 2.77. The van der Waals surface area contributed by atoms with Gasteiger partial charge < -0.3 is 5.73 Å². The molecule has 0 aliphatic carbocycles. The molecule has 0 unspecified atom stereocenters. The maximum absolute atomic E-state index is 11.5. The molecule has 0 atom stereocenters. The Morgan fingerprint density at radius 3 is 2.67 bits per heavy atom. The number of primary amides is 1. The van der Waals surface area contributed by atoms with Crippen molar-refractivity contribution in [2.75, 3.05) is 0 Å². The van der Waals surface area contributed by atoms with Crippen LogP contribution in [0.3, 0.4) is 0 Å². The number of aryl methyl sites for hydroxylation is 1. The molecule has 0 aliphatic rings. The molecule has 4 heteroatoms. The zero-order chi connectivity index (χ0) is 13.3. The largest absolute Gasteiger partial charge is 0.366 e. The van der Waals surface area contributed by atoms with Crippen LogP contribution in [0.1, 0.15) is 35.8 Å². The van der Waals surface area contributed by atoms with E-state index in [9.17, 15) is 4.79 Å². The summed E-state index contributed by atoms with van der Waals surface area (Å²) in [5, 5.41) is 4.28. The number of aromatic nitrogens is 2. The van der Waals surface area contributed by atoms with Crippen molar-refractivity contribution in [2.45, 2.75) is 26.8 Å². The Morgan fingerprint density at radius 2 is 2.06 bits per heavy atom. The van der Waals surface area contributed by atoms with Gasteiger partial charge in [-0.3, -0.25) is 9.48 Å². The standard InChI is InChI=1S/C14H17N3O/c1-9(2)17-13(6-7-16-17)11-5-4-10(3)8-12(11)14(15)18/h4-9H,1-3H3,(H2,15,18). The molecule has 2 aromatic rings. The van der Waals surface area contributed by atoms with E-state index in [1.165, 1.54) is 0 Å². The van der Waals surface area contributed by atoms with Gasteiger partial charge in [0.25, 0.3) is 0 Å². The van der Waals surface area contributed by atoms with Crippen molar-refractivity contribution in [3.8, 4) is 11.3 Å². The summed E-state index contributed by atoms with van der Waals surface area (Å²) in [6.07, 6.45) is 1.74. The van der Waals surface area contributed by atoms with E-state index in [0.717, 1.165) is 16.8 Å². The Labute approximate surface area is 106 Å². The van der Waals surface area contributed by atoms with Crippen molar-refractivity contribution >= 4 is 5.91 Å². The molecule has 18 heavy (non-hydrogen) atoms. The van der Waals surface area contributed by atoms with E-state index < -0.39 is 5.91 Å². The molecule has 1 aromatic heterocycles. The van der Waals surface area contributed by atoms with Crippen LogP contribution in [-0.2, 0) is 0 Å². The molecule has 0 saturated heterocycles. The molecule has 2 rings (SSSR count). The minimum absolute atomic E-state index is 0.233. The summed E-state index contributed by atoms with van der Waals surface area (Å²) < 4.78 is 1.89. The fourth-order valence-corrected chi connectivity index (χ4v) is 2.02. The lowest BCUT2D eigenvalue weighted by atomic mass is 10.0. The van der Waals surface area contributed by atoms with Crippen molar-refractivity contribution in [1.29, 1.82) is 0 Å². The molecule has 0 spiro atoms. The smallest absolute Gasteiger partial charge is 0.249 e. The Morgan fingerprint density at radius 1 is 1.33 bits per heavy atom. The number of benzene rings is 1. The first kappa shape index (κ1) is 12.4. The molecule has 1 amide bonds. The molecule has 0 radical (unpaired) electrons. The number of rotatable bonds is 3. The first-order chi connectivity index (χ1) is 8.50. The molecule has 94 valence electrons. The van der Waals surface area contributed by atoms with Gasteiger partial charge in [-0.05, 0) is 32.9 Å². The van der Waals surface area contributed by atoms with E-state index in [1.54, 1.807) is 6.20 Å². The lowest BCUT2D eigenvalue weighted by molar-refractivity contribution is 0.100. The average molecular weight is 243 g/mol. The van der Waals surface area contributed by atoms with Crippen LogP contribution in [0.25, 0.3) is 11.3 Å². The normalized spacial score (nSPS) is 10.9. The fourth-order valence-electron chi connectivity index (χ4n) is 2.02. The number of hydrogen-bond acceptors (Lipinski definition) is 2. The Balaban J connectivity index is 2.63. The van der Waals surface area contributed by atoms with Crippen LogP contribution < -0.4 is 5.73 Å². The SMILES string of the molecule is Cc1ccc(-c2ccnn2C(C)C)c(C(N)=O)c1. The minimum Gasteiger partial charge on any atom is -0.366 e. The quantitative estimate of drug-likeness (QED) is 0.900. The molecule has 0 fully saturated rings. The Bertz CT molecular complexity index is 584. The van der Waals surface area contributed by atoms with Gasteiger partial charge in [-0.25, -0.2) is 0 Å². The van der Waals surface area contributed by atoms with Crippen LogP contribution in [0, 0.1) is 6.92 Å². The number of carbonyl (C=O) groups is 1. The molecule has 2 N–H and O–H groups in total. The molecule has 4 nitrogen and oxygen atoms in total. The third-order valence-electron chi connectivity index (χ3n) is 2.88. The van der Waals surface area contributed by atoms with Gasteiger partial charge in [-0.1, -0.05) is 17.7 Å². The van der Waals surface area contributed by atoms with Gasteiger partial charge in [-0.2, -0.15) is 5.10 Å². The van der Waals surface area contributed by atoms with Gasteiger partial charge in [0, 0.05) is 23.4 Å². The summed E-state index contributed by atoms with van der Waals surface area (Å²) in [5.74, 6) is -0.412. The Kier molecular flexibility index (Phi) is 3.19. The molecular formula is C14H17N3O. The lowest BCUT2D eigenvalue weighted by Crippen LogP contribution is -2.14. The second-order valence-corrected chi connectivity index (χ2v) is 4.67. The van der Waals surface area contributed by atoms with E-state index in [4.69, 9.17) is 5.73 Å². The van der Waals surface area contributed by atoms with Gasteiger partial charge in [0.2, 0.25) is 5.91 Å². The molecule has 0 saturated carbocycles. The summed E-state index contributed by atoms with van der Waals surface area (Å²) in [4.78, 5) is 11.5. The number of nitrogens with zero attached hydrogens (tertiary/aromatic N) is 2. The number of amides is 1. The predicted octanol–water partition coefficient (Wildman–Crippen LogP) is 2.54. The van der Waals surface area contributed by atoms with Crippen molar-refractivity contribution in [3.63, 3.8) is 0 Å². The van der Waals surface area contributed by atoms with E-state index in [0.29, 0.717) is 5.56 Å². The third kappa shape index (κ3) is 2.14. The predicted molar refractivity (Wildman–Crippen MR) is 71.3 cm³/mol. The van der Waals surface area contributed by atoms with E-state index in [1.807, 2.05) is 35.9 Å². The van der Waals surface area contributed by atoms with Crippen LogP contribution in [0.2, 0.25) is 0 Å². The van der Waals surface area contributed by atoms with Gasteiger partial charge in [0.15, 0.2) is 0 Å². The summed E-state index contributed by atoms with van der Waals surface area (Å²) >= 11 is 0. The second-order valence-electron chi connectivity index (χ2n) is 4.67. The second kappa shape index (κ2) is 4.64. The molecule has 0 aliphatic heterocycles. The topological polar surface area (TPSA) is 60.9 Å². The van der Waals surface area contributed by atoms with Crippen LogP contribution in [-0.4, -0.2) is 15.7 Å². The van der Waals surface area contributed by atoms with E-state index in [2.05, 4.69) is 18.9 Å². The number of hydrogen-bond donors (Lipinski definition) is 1. The highest BCUT2D eigenvalue weighted by molar-refractivity contribution is 5.99. The highest BCUT2D eigenvalue weighted by Gasteiger charge is 2.15. The van der Waals surface area contributed by atoms with Gasteiger partial charge in [0.05, 0.1) is 5.69 Å². The summed E-state index contributed by atoms with van der Waals surface area (Å²) in [5.41, 5.74) is 8.75. The summed E-state index contributed by atoms with van der Waals surface area (Å²) in [6, 6.07) is 7.84. The molecule has 0 bridgehead atoms. The monoisotopic (exact) mass is 243 g/mol. The van der Waals surface area contributed by atoms with Crippen LogP contribution in [0.15, 0.2) is 30.5 Å². The van der Waals surface area contributed by atoms with Crippen LogP contribution in [0.4, 0.5) is 0 Å². The van der Waals surface area contributed by atoms with Crippen molar-refractivity contribution in [3.05, 3.63) is 41.6 Å². The summed E-state index contributed by atoms with van der Waals surface area (Å²) in [6.45, 7) is 6.04. The van der Waals surface area contributed by atoms with Crippen molar-refractivity contribution < 1.29 is 4.79 Å².